The molecule has 3 heterocycles. The summed E-state index contributed by atoms with van der Waals surface area (Å²) < 4.78 is 0. The third kappa shape index (κ3) is 1.64. The van der Waals surface area contributed by atoms with Crippen LogP contribution in [0.3, 0.4) is 0 Å². The fraction of sp³-hybridized carbons (Fsp3) is 1.00. The Morgan fingerprint density at radius 2 is 1.67 bits per heavy atom. The Balaban J connectivity index is 1.92. The van der Waals surface area contributed by atoms with Crippen LogP contribution in [0.5, 0.6) is 0 Å². The van der Waals surface area contributed by atoms with E-state index in [4.69, 9.17) is 0 Å². The first-order valence-electron chi connectivity index (χ1n) is 5.22. The van der Waals surface area contributed by atoms with E-state index >= 15 is 0 Å². The van der Waals surface area contributed by atoms with Crippen molar-refractivity contribution in [1.29, 1.82) is 0 Å². The topological polar surface area (TPSA) is 24.1 Å². The zero-order chi connectivity index (χ0) is 8.55. The molecule has 12 heavy (non-hydrogen) atoms. The van der Waals surface area contributed by atoms with Crippen molar-refractivity contribution in [3.05, 3.63) is 0 Å². The molecule has 0 aromatic heterocycles. The van der Waals surface area contributed by atoms with Gasteiger partial charge in [-0.25, -0.2) is 0 Å². The normalized spacial score (nSPS) is 48.5. The van der Waals surface area contributed by atoms with Gasteiger partial charge in [-0.15, -0.1) is 0 Å². The predicted octanol–water partition coefficient (Wildman–Crippen LogP) is 0.982. The van der Waals surface area contributed by atoms with Gasteiger partial charge in [-0.1, -0.05) is 13.8 Å². The minimum absolute atomic E-state index is 0.771. The van der Waals surface area contributed by atoms with E-state index in [-0.39, 0.29) is 0 Å². The molecule has 0 aromatic carbocycles. The smallest absolute Gasteiger partial charge is 0.0209 e. The number of rotatable bonds is 0. The van der Waals surface area contributed by atoms with Crippen molar-refractivity contribution in [3.63, 3.8) is 0 Å². The lowest BCUT2D eigenvalue weighted by Gasteiger charge is -2.37. The SMILES string of the molecule is CC1CNCC2CC(CC1C)N2. The van der Waals surface area contributed by atoms with Gasteiger partial charge in [0.15, 0.2) is 0 Å². The molecule has 2 bridgehead atoms. The van der Waals surface area contributed by atoms with Crippen LogP contribution in [0, 0.1) is 11.8 Å². The van der Waals surface area contributed by atoms with E-state index in [0.717, 1.165) is 23.9 Å². The Morgan fingerprint density at radius 3 is 2.42 bits per heavy atom. The largest absolute Gasteiger partial charge is 0.315 e. The highest BCUT2D eigenvalue weighted by Crippen LogP contribution is 2.24. The molecule has 0 aliphatic carbocycles. The lowest BCUT2D eigenvalue weighted by atomic mass is 9.85. The average molecular weight is 168 g/mol. The monoisotopic (exact) mass is 168 g/mol. The second-order valence-electron chi connectivity index (χ2n) is 4.64. The highest BCUT2D eigenvalue weighted by Gasteiger charge is 2.31. The van der Waals surface area contributed by atoms with Gasteiger partial charge in [0, 0.05) is 18.6 Å². The van der Waals surface area contributed by atoms with Crippen molar-refractivity contribution in [2.45, 2.75) is 38.8 Å². The Labute approximate surface area is 75.1 Å². The number of nitrogens with one attached hydrogen (secondary N) is 2. The van der Waals surface area contributed by atoms with Crippen LogP contribution in [0.1, 0.15) is 26.7 Å². The molecular formula is C10H20N2. The molecule has 0 aromatic rings. The van der Waals surface area contributed by atoms with Crippen molar-refractivity contribution in [1.82, 2.24) is 10.6 Å². The van der Waals surface area contributed by atoms with Crippen molar-refractivity contribution in [2.24, 2.45) is 11.8 Å². The van der Waals surface area contributed by atoms with Crippen LogP contribution in [0.25, 0.3) is 0 Å². The quantitative estimate of drug-likeness (QED) is 0.563. The summed E-state index contributed by atoms with van der Waals surface area (Å²) in [7, 11) is 0. The second kappa shape index (κ2) is 3.35. The van der Waals surface area contributed by atoms with Crippen molar-refractivity contribution < 1.29 is 0 Å². The van der Waals surface area contributed by atoms with Crippen LogP contribution < -0.4 is 10.6 Å². The molecule has 3 aliphatic rings. The standard InChI is InChI=1S/C10H20N2/c1-7-3-9-4-10(12-9)6-11-5-8(7)2/h7-12H,3-6H2,1-2H3. The van der Waals surface area contributed by atoms with Crippen molar-refractivity contribution in [2.75, 3.05) is 13.1 Å². The van der Waals surface area contributed by atoms with E-state index in [1.807, 2.05) is 0 Å². The summed E-state index contributed by atoms with van der Waals surface area (Å²) >= 11 is 0. The Hall–Kier alpha value is -0.0800. The van der Waals surface area contributed by atoms with Gasteiger partial charge in [0.1, 0.15) is 0 Å². The molecule has 2 N–H and O–H groups in total. The molecule has 3 fully saturated rings. The first-order chi connectivity index (χ1) is 5.75. The molecule has 4 unspecified atom stereocenters. The lowest BCUT2D eigenvalue weighted by Crippen LogP contribution is -2.56. The minimum atomic E-state index is 0.771. The number of fused-ring (bicyclic) bond motifs is 5. The van der Waals surface area contributed by atoms with Gasteiger partial charge >= 0.3 is 0 Å². The second-order valence-corrected chi connectivity index (χ2v) is 4.64. The van der Waals surface area contributed by atoms with Gasteiger partial charge in [0.25, 0.3) is 0 Å². The molecule has 2 heteroatoms. The van der Waals surface area contributed by atoms with Crippen molar-refractivity contribution >= 4 is 0 Å². The molecule has 3 aliphatic heterocycles. The Morgan fingerprint density at radius 1 is 0.917 bits per heavy atom. The van der Waals surface area contributed by atoms with E-state index in [1.165, 1.54) is 25.9 Å². The summed E-state index contributed by atoms with van der Waals surface area (Å²) in [6, 6.07) is 1.60. The van der Waals surface area contributed by atoms with Crippen LogP contribution >= 0.6 is 0 Å². The highest BCUT2D eigenvalue weighted by atomic mass is 15.1. The van der Waals surface area contributed by atoms with Crippen LogP contribution in [0.2, 0.25) is 0 Å². The van der Waals surface area contributed by atoms with Gasteiger partial charge in [-0.05, 0) is 31.2 Å². The van der Waals surface area contributed by atoms with E-state index in [9.17, 15) is 0 Å². The summed E-state index contributed by atoms with van der Waals surface area (Å²) in [6.07, 6.45) is 2.77. The Bertz CT molecular complexity index is 149. The van der Waals surface area contributed by atoms with Gasteiger partial charge in [0.05, 0.1) is 0 Å². The van der Waals surface area contributed by atoms with Crippen LogP contribution in [-0.4, -0.2) is 25.2 Å². The lowest BCUT2D eigenvalue weighted by molar-refractivity contribution is 0.225. The maximum atomic E-state index is 3.61. The maximum Gasteiger partial charge on any atom is 0.0209 e. The van der Waals surface area contributed by atoms with Crippen LogP contribution in [-0.2, 0) is 0 Å². The molecule has 0 radical (unpaired) electrons. The first kappa shape index (κ1) is 8.52. The summed E-state index contributed by atoms with van der Waals surface area (Å²) in [5.41, 5.74) is 0. The molecule has 0 spiro atoms. The zero-order valence-electron chi connectivity index (χ0n) is 8.14. The molecule has 3 saturated heterocycles. The fourth-order valence-corrected chi connectivity index (χ4v) is 2.33. The molecule has 4 atom stereocenters. The first-order valence-corrected chi connectivity index (χ1v) is 5.22. The number of hydrogen-bond donors (Lipinski definition) is 2. The van der Waals surface area contributed by atoms with Gasteiger partial charge in [-0.3, -0.25) is 0 Å². The molecule has 0 amide bonds. The van der Waals surface area contributed by atoms with Crippen LogP contribution in [0.15, 0.2) is 0 Å². The van der Waals surface area contributed by atoms with E-state index in [1.54, 1.807) is 0 Å². The number of hydrogen-bond acceptors (Lipinski definition) is 2. The zero-order valence-corrected chi connectivity index (χ0v) is 8.14. The van der Waals surface area contributed by atoms with Crippen LogP contribution in [0.4, 0.5) is 0 Å². The predicted molar refractivity (Wildman–Crippen MR) is 51.1 cm³/mol. The molecular weight excluding hydrogens is 148 g/mol. The molecule has 0 saturated carbocycles. The van der Waals surface area contributed by atoms with E-state index in [0.29, 0.717) is 0 Å². The fourth-order valence-electron chi connectivity index (χ4n) is 2.33. The van der Waals surface area contributed by atoms with Crippen molar-refractivity contribution in [3.8, 4) is 0 Å². The highest BCUT2D eigenvalue weighted by molar-refractivity contribution is 4.92. The molecule has 2 nitrogen and oxygen atoms in total. The van der Waals surface area contributed by atoms with Gasteiger partial charge in [0.2, 0.25) is 0 Å². The summed E-state index contributed by atoms with van der Waals surface area (Å²) in [5, 5.41) is 7.14. The summed E-state index contributed by atoms with van der Waals surface area (Å²) in [6.45, 7) is 7.12. The summed E-state index contributed by atoms with van der Waals surface area (Å²) in [4.78, 5) is 0. The summed E-state index contributed by atoms with van der Waals surface area (Å²) in [5.74, 6) is 1.71. The minimum Gasteiger partial charge on any atom is -0.315 e. The van der Waals surface area contributed by atoms with Gasteiger partial charge < -0.3 is 10.6 Å². The Kier molecular flexibility index (Phi) is 2.37. The third-order valence-electron chi connectivity index (χ3n) is 3.53. The average Bonchev–Trinajstić information content (AvgIpc) is 2.05. The third-order valence-corrected chi connectivity index (χ3v) is 3.53. The van der Waals surface area contributed by atoms with Gasteiger partial charge in [-0.2, -0.15) is 0 Å². The maximum absolute atomic E-state index is 3.61. The van der Waals surface area contributed by atoms with E-state index in [2.05, 4.69) is 24.5 Å². The molecule has 70 valence electrons. The molecule has 3 rings (SSSR count). The van der Waals surface area contributed by atoms with E-state index < -0.39 is 0 Å².